The number of hydrogen-bond acceptors (Lipinski definition) is 3. The molecule has 0 aromatic heterocycles. The third-order valence-corrected chi connectivity index (χ3v) is 4.63. The zero-order valence-electron chi connectivity index (χ0n) is 8.70. The van der Waals surface area contributed by atoms with Gasteiger partial charge in [-0.15, -0.1) is 0 Å². The number of ether oxygens (including phenoxy) is 1. The molecular weight excluding hydrogens is 196 g/mol. The van der Waals surface area contributed by atoms with E-state index in [9.17, 15) is 4.79 Å². The Kier molecular flexibility index (Phi) is 3.50. The smallest absolute Gasteiger partial charge is 0.151 e. The monoisotopic (exact) mass is 214 g/mol. The number of ketones is 1. The summed E-state index contributed by atoms with van der Waals surface area (Å²) in [5, 5.41) is 0.276. The van der Waals surface area contributed by atoms with Gasteiger partial charge in [0.15, 0.2) is 5.78 Å². The Hall–Kier alpha value is -0.0200. The minimum atomic E-state index is 0.157. The van der Waals surface area contributed by atoms with E-state index in [1.807, 2.05) is 18.7 Å². The van der Waals surface area contributed by atoms with Crippen molar-refractivity contribution < 1.29 is 9.53 Å². The van der Waals surface area contributed by atoms with Gasteiger partial charge in [0.25, 0.3) is 0 Å². The molecule has 2 heterocycles. The zero-order chi connectivity index (χ0) is 9.97. The van der Waals surface area contributed by atoms with Crippen LogP contribution in [0.4, 0.5) is 0 Å². The van der Waals surface area contributed by atoms with E-state index >= 15 is 0 Å². The van der Waals surface area contributed by atoms with Gasteiger partial charge in [0.2, 0.25) is 0 Å². The summed E-state index contributed by atoms with van der Waals surface area (Å²) in [5.74, 6) is 1.81. The third kappa shape index (κ3) is 2.14. The minimum absolute atomic E-state index is 0.157. The number of thioether (sulfide) groups is 1. The standard InChI is InChI=1S/C11H18O2S/c1-8-9(5-6-13-8)11(12)10-4-2-3-7-14-10/h8-10H,2-7H2,1H3. The molecule has 2 nitrogen and oxygen atoms in total. The summed E-state index contributed by atoms with van der Waals surface area (Å²) in [6, 6.07) is 0. The summed E-state index contributed by atoms with van der Waals surface area (Å²) in [4.78, 5) is 12.1. The summed E-state index contributed by atoms with van der Waals surface area (Å²) in [7, 11) is 0. The highest BCUT2D eigenvalue weighted by atomic mass is 32.2. The quantitative estimate of drug-likeness (QED) is 0.705. The Morgan fingerprint density at radius 3 is 2.79 bits per heavy atom. The fraction of sp³-hybridized carbons (Fsp3) is 0.909. The summed E-state index contributed by atoms with van der Waals surface area (Å²) >= 11 is 1.86. The van der Waals surface area contributed by atoms with Crippen LogP contribution in [0.25, 0.3) is 0 Å². The molecule has 0 N–H and O–H groups in total. The van der Waals surface area contributed by atoms with Gasteiger partial charge in [-0.3, -0.25) is 4.79 Å². The predicted molar refractivity (Wildman–Crippen MR) is 58.6 cm³/mol. The molecule has 2 aliphatic rings. The van der Waals surface area contributed by atoms with Gasteiger partial charge in [-0.05, 0) is 31.9 Å². The molecule has 3 atom stereocenters. The maximum atomic E-state index is 12.1. The van der Waals surface area contributed by atoms with Gasteiger partial charge >= 0.3 is 0 Å². The second kappa shape index (κ2) is 4.67. The number of carbonyl (C=O) groups excluding carboxylic acids is 1. The molecule has 0 radical (unpaired) electrons. The molecule has 0 spiro atoms. The summed E-state index contributed by atoms with van der Waals surface area (Å²) in [6.07, 6.45) is 4.70. The van der Waals surface area contributed by atoms with Crippen LogP contribution in [0.2, 0.25) is 0 Å². The molecule has 0 saturated carbocycles. The largest absolute Gasteiger partial charge is 0.378 e. The molecule has 2 fully saturated rings. The fourth-order valence-corrected chi connectivity index (χ4v) is 3.64. The van der Waals surface area contributed by atoms with E-state index in [1.54, 1.807) is 0 Å². The normalized spacial score (nSPS) is 38.5. The van der Waals surface area contributed by atoms with E-state index in [-0.39, 0.29) is 17.3 Å². The van der Waals surface area contributed by atoms with Crippen molar-refractivity contribution in [3.05, 3.63) is 0 Å². The molecule has 0 amide bonds. The Bertz CT molecular complexity index is 211. The van der Waals surface area contributed by atoms with Crippen LogP contribution in [0.3, 0.4) is 0 Å². The molecule has 0 aliphatic carbocycles. The third-order valence-electron chi connectivity index (χ3n) is 3.24. The topological polar surface area (TPSA) is 26.3 Å². The van der Waals surface area contributed by atoms with E-state index in [4.69, 9.17) is 4.74 Å². The number of rotatable bonds is 2. The molecule has 3 unspecified atom stereocenters. The van der Waals surface area contributed by atoms with Crippen LogP contribution in [0.5, 0.6) is 0 Å². The van der Waals surface area contributed by atoms with Gasteiger partial charge in [0, 0.05) is 12.5 Å². The fourth-order valence-electron chi connectivity index (χ4n) is 2.31. The van der Waals surface area contributed by atoms with Crippen LogP contribution in [0.15, 0.2) is 0 Å². The molecule has 0 aromatic rings. The minimum Gasteiger partial charge on any atom is -0.378 e. The SMILES string of the molecule is CC1OCCC1C(=O)C1CCCCS1. The van der Waals surface area contributed by atoms with Crippen LogP contribution in [0, 0.1) is 5.92 Å². The number of carbonyl (C=O) groups is 1. The van der Waals surface area contributed by atoms with Gasteiger partial charge in [0.05, 0.1) is 11.4 Å². The zero-order valence-corrected chi connectivity index (χ0v) is 9.52. The van der Waals surface area contributed by atoms with Crippen LogP contribution in [0.1, 0.15) is 32.6 Å². The average molecular weight is 214 g/mol. The molecular formula is C11H18O2S. The lowest BCUT2D eigenvalue weighted by Gasteiger charge is -2.23. The lowest BCUT2D eigenvalue weighted by Crippen LogP contribution is -2.31. The van der Waals surface area contributed by atoms with Crippen molar-refractivity contribution in [1.29, 1.82) is 0 Å². The molecule has 0 bridgehead atoms. The Morgan fingerprint density at radius 1 is 1.36 bits per heavy atom. The predicted octanol–water partition coefficient (Wildman–Crippen LogP) is 2.27. The first-order valence-electron chi connectivity index (χ1n) is 5.56. The Balaban J connectivity index is 1.92. The molecule has 3 heteroatoms. The first-order chi connectivity index (χ1) is 6.79. The average Bonchev–Trinajstić information content (AvgIpc) is 2.65. The highest BCUT2D eigenvalue weighted by molar-refractivity contribution is 8.00. The van der Waals surface area contributed by atoms with Gasteiger partial charge in [0.1, 0.15) is 0 Å². The molecule has 80 valence electrons. The van der Waals surface area contributed by atoms with Crippen molar-refractivity contribution >= 4 is 17.5 Å². The van der Waals surface area contributed by atoms with Gasteiger partial charge < -0.3 is 4.74 Å². The second-order valence-electron chi connectivity index (χ2n) is 4.23. The number of hydrogen-bond donors (Lipinski definition) is 0. The number of Topliss-reactive ketones (excluding diaryl/α,β-unsaturated/α-hetero) is 1. The summed E-state index contributed by atoms with van der Waals surface area (Å²) in [6.45, 7) is 2.80. The van der Waals surface area contributed by atoms with Crippen molar-refractivity contribution in [2.24, 2.45) is 5.92 Å². The van der Waals surface area contributed by atoms with Crippen molar-refractivity contribution in [1.82, 2.24) is 0 Å². The molecule has 14 heavy (non-hydrogen) atoms. The Labute approximate surface area is 89.8 Å². The lowest BCUT2D eigenvalue weighted by molar-refractivity contribution is -0.123. The van der Waals surface area contributed by atoms with Crippen LogP contribution in [-0.2, 0) is 9.53 Å². The Morgan fingerprint density at radius 2 is 2.21 bits per heavy atom. The van der Waals surface area contributed by atoms with Crippen molar-refractivity contribution in [2.75, 3.05) is 12.4 Å². The van der Waals surface area contributed by atoms with Crippen LogP contribution < -0.4 is 0 Å². The maximum absolute atomic E-state index is 12.1. The van der Waals surface area contributed by atoms with E-state index in [0.29, 0.717) is 5.78 Å². The van der Waals surface area contributed by atoms with Crippen molar-refractivity contribution in [2.45, 2.75) is 44.0 Å². The first kappa shape index (κ1) is 10.5. The van der Waals surface area contributed by atoms with Crippen LogP contribution >= 0.6 is 11.8 Å². The van der Waals surface area contributed by atoms with Crippen molar-refractivity contribution in [3.8, 4) is 0 Å². The van der Waals surface area contributed by atoms with Gasteiger partial charge in [-0.25, -0.2) is 0 Å². The van der Waals surface area contributed by atoms with E-state index < -0.39 is 0 Å². The molecule has 2 rings (SSSR count). The highest BCUT2D eigenvalue weighted by Gasteiger charge is 2.35. The summed E-state index contributed by atoms with van der Waals surface area (Å²) in [5.41, 5.74) is 0. The van der Waals surface area contributed by atoms with E-state index in [0.717, 1.165) is 19.4 Å². The van der Waals surface area contributed by atoms with Crippen molar-refractivity contribution in [3.63, 3.8) is 0 Å². The first-order valence-corrected chi connectivity index (χ1v) is 6.61. The lowest BCUT2D eigenvalue weighted by atomic mass is 9.93. The summed E-state index contributed by atoms with van der Waals surface area (Å²) < 4.78 is 5.45. The molecule has 2 saturated heterocycles. The van der Waals surface area contributed by atoms with Gasteiger partial charge in [-0.2, -0.15) is 11.8 Å². The second-order valence-corrected chi connectivity index (χ2v) is 5.54. The maximum Gasteiger partial charge on any atom is 0.151 e. The highest BCUT2D eigenvalue weighted by Crippen LogP contribution is 2.32. The van der Waals surface area contributed by atoms with E-state index in [2.05, 4.69) is 0 Å². The molecule has 0 aromatic carbocycles. The van der Waals surface area contributed by atoms with E-state index in [1.165, 1.54) is 18.6 Å². The molecule has 2 aliphatic heterocycles. The van der Waals surface area contributed by atoms with Gasteiger partial charge in [-0.1, -0.05) is 6.42 Å². The van der Waals surface area contributed by atoms with Crippen LogP contribution in [-0.4, -0.2) is 29.5 Å².